The highest BCUT2D eigenvalue weighted by molar-refractivity contribution is 5.77. The van der Waals surface area contributed by atoms with Gasteiger partial charge in [0.05, 0.1) is 49.3 Å². The number of benzene rings is 2. The van der Waals surface area contributed by atoms with Gasteiger partial charge in [0.2, 0.25) is 0 Å². The molecular weight excluding hydrogens is 480 g/mol. The van der Waals surface area contributed by atoms with E-state index >= 15 is 0 Å². The van der Waals surface area contributed by atoms with Crippen LogP contribution in [-0.4, -0.2) is 53.0 Å². The van der Waals surface area contributed by atoms with Crippen LogP contribution in [0.5, 0.6) is 5.75 Å². The fraction of sp³-hybridized carbons (Fsp3) is 0.500. The van der Waals surface area contributed by atoms with Crippen molar-refractivity contribution in [1.29, 1.82) is 5.26 Å². The van der Waals surface area contributed by atoms with Gasteiger partial charge >= 0.3 is 6.09 Å². The molecule has 1 saturated heterocycles. The number of carbonyl (C=O) groups excluding carboxylic acids is 1. The first-order valence-corrected chi connectivity index (χ1v) is 13.5. The quantitative estimate of drug-likeness (QED) is 0.322. The molecule has 0 bridgehead atoms. The Hall–Kier alpha value is -3.57. The van der Waals surface area contributed by atoms with E-state index in [0.717, 1.165) is 67.5 Å². The number of fused-ring (bicyclic) bond motifs is 1. The van der Waals surface area contributed by atoms with Crippen molar-refractivity contribution in [3.8, 4) is 11.8 Å². The molecular formula is C30H36N4O4. The van der Waals surface area contributed by atoms with Crippen molar-refractivity contribution in [3.05, 3.63) is 59.9 Å². The Morgan fingerprint density at radius 3 is 2.79 bits per heavy atom. The number of carbonyl (C=O) groups is 1. The van der Waals surface area contributed by atoms with Gasteiger partial charge in [-0.25, -0.2) is 9.78 Å². The van der Waals surface area contributed by atoms with Crippen LogP contribution in [0.1, 0.15) is 56.6 Å². The summed E-state index contributed by atoms with van der Waals surface area (Å²) in [5.74, 6) is 0.795. The van der Waals surface area contributed by atoms with E-state index in [1.807, 2.05) is 47.6 Å². The second-order valence-corrected chi connectivity index (χ2v) is 10.9. The molecule has 8 nitrogen and oxygen atoms in total. The number of ether oxygens (including phenoxy) is 3. The van der Waals surface area contributed by atoms with Crippen LogP contribution >= 0.6 is 0 Å². The number of methoxy groups -OCH3 is 1. The second kappa shape index (κ2) is 11.0. The summed E-state index contributed by atoms with van der Waals surface area (Å²) >= 11 is 0. The van der Waals surface area contributed by atoms with Crippen LogP contribution in [0.15, 0.2) is 48.8 Å². The number of nitrogens with zero attached hydrogens (tertiary/aromatic N) is 4. The molecule has 0 radical (unpaired) electrons. The molecule has 0 unspecified atom stereocenters. The molecule has 38 heavy (non-hydrogen) atoms. The van der Waals surface area contributed by atoms with Crippen molar-refractivity contribution < 1.29 is 19.0 Å². The maximum Gasteiger partial charge on any atom is 0.410 e. The molecule has 2 heterocycles. The average Bonchev–Trinajstić information content (AvgIpc) is 3.45. The molecule has 1 spiro atoms. The lowest BCUT2D eigenvalue weighted by molar-refractivity contribution is -0.0705. The lowest BCUT2D eigenvalue weighted by Crippen LogP contribution is -2.48. The first kappa shape index (κ1) is 26.1. The second-order valence-electron chi connectivity index (χ2n) is 10.9. The molecule has 2 aliphatic rings. The van der Waals surface area contributed by atoms with E-state index in [1.165, 1.54) is 0 Å². The van der Waals surface area contributed by atoms with Crippen molar-refractivity contribution >= 4 is 17.1 Å². The van der Waals surface area contributed by atoms with Crippen molar-refractivity contribution in [3.63, 3.8) is 0 Å². The van der Waals surface area contributed by atoms with Crippen LogP contribution in [0.25, 0.3) is 11.0 Å². The topological polar surface area (TPSA) is 89.6 Å². The predicted molar refractivity (Wildman–Crippen MR) is 144 cm³/mol. The van der Waals surface area contributed by atoms with Crippen molar-refractivity contribution in [2.75, 3.05) is 26.9 Å². The number of rotatable bonds is 10. The van der Waals surface area contributed by atoms with Crippen LogP contribution in [0.3, 0.4) is 0 Å². The van der Waals surface area contributed by atoms with E-state index < -0.39 is 5.60 Å². The van der Waals surface area contributed by atoms with Crippen LogP contribution < -0.4 is 4.74 Å². The van der Waals surface area contributed by atoms with Gasteiger partial charge in [0.1, 0.15) is 11.4 Å². The third-order valence-electron chi connectivity index (χ3n) is 7.92. The zero-order valence-electron chi connectivity index (χ0n) is 22.3. The minimum Gasteiger partial charge on any atom is -0.497 e. The van der Waals surface area contributed by atoms with Gasteiger partial charge in [0, 0.05) is 25.1 Å². The molecule has 2 aromatic carbocycles. The van der Waals surface area contributed by atoms with Crippen LogP contribution in [0, 0.1) is 16.7 Å². The molecule has 8 heteroatoms. The third-order valence-corrected chi connectivity index (χ3v) is 7.92. The number of imidazole rings is 1. The van der Waals surface area contributed by atoms with Gasteiger partial charge in [-0.05, 0) is 68.0 Å². The molecule has 0 N–H and O–H groups in total. The zero-order valence-corrected chi connectivity index (χ0v) is 22.3. The minimum atomic E-state index is -0.538. The molecule has 2 atom stereocenters. The fourth-order valence-electron chi connectivity index (χ4n) is 6.09. The van der Waals surface area contributed by atoms with Gasteiger partial charge in [-0.2, -0.15) is 5.26 Å². The number of aromatic nitrogens is 2. The maximum atomic E-state index is 13.0. The van der Waals surface area contributed by atoms with E-state index in [9.17, 15) is 10.1 Å². The summed E-state index contributed by atoms with van der Waals surface area (Å²) in [7, 11) is 1.65. The third kappa shape index (κ3) is 5.48. The van der Waals surface area contributed by atoms with Crippen molar-refractivity contribution in [2.45, 2.75) is 64.1 Å². The summed E-state index contributed by atoms with van der Waals surface area (Å²) in [5, 5.41) is 9.43. The minimum absolute atomic E-state index is 0.210. The van der Waals surface area contributed by atoms with Gasteiger partial charge in [-0.3, -0.25) is 4.90 Å². The summed E-state index contributed by atoms with van der Waals surface area (Å²) in [6.45, 7) is 5.25. The summed E-state index contributed by atoms with van der Waals surface area (Å²) in [5.41, 5.74) is 2.73. The average molecular weight is 517 g/mol. The molecule has 3 aromatic rings. The Morgan fingerprint density at radius 1 is 1.18 bits per heavy atom. The summed E-state index contributed by atoms with van der Waals surface area (Å²) in [6, 6.07) is 15.6. The van der Waals surface area contributed by atoms with Crippen LogP contribution in [-0.2, 0) is 22.6 Å². The largest absolute Gasteiger partial charge is 0.497 e. The van der Waals surface area contributed by atoms with E-state index in [1.54, 1.807) is 13.2 Å². The van der Waals surface area contributed by atoms with Gasteiger partial charge in [-0.15, -0.1) is 0 Å². The Balaban J connectivity index is 1.38. The Morgan fingerprint density at radius 2 is 2.03 bits per heavy atom. The molecule has 1 amide bonds. The molecule has 5 rings (SSSR count). The number of hydrogen-bond donors (Lipinski definition) is 0. The summed E-state index contributed by atoms with van der Waals surface area (Å²) < 4.78 is 19.8. The monoisotopic (exact) mass is 516 g/mol. The van der Waals surface area contributed by atoms with Crippen LogP contribution in [0.2, 0.25) is 0 Å². The molecule has 1 aliphatic heterocycles. The molecule has 2 fully saturated rings. The first-order chi connectivity index (χ1) is 18.5. The first-order valence-electron chi connectivity index (χ1n) is 13.5. The zero-order chi connectivity index (χ0) is 26.6. The smallest absolute Gasteiger partial charge is 0.410 e. The lowest BCUT2D eigenvalue weighted by atomic mass is 9.67. The van der Waals surface area contributed by atoms with Crippen molar-refractivity contribution in [1.82, 2.24) is 14.5 Å². The van der Waals surface area contributed by atoms with Gasteiger partial charge in [0.25, 0.3) is 0 Å². The van der Waals surface area contributed by atoms with Gasteiger partial charge in [-0.1, -0.05) is 25.5 Å². The van der Waals surface area contributed by atoms with Gasteiger partial charge in [0.15, 0.2) is 0 Å². The van der Waals surface area contributed by atoms with E-state index in [2.05, 4.69) is 22.5 Å². The normalized spacial score (nSPS) is 23.1. The number of nitriles is 1. The van der Waals surface area contributed by atoms with Crippen LogP contribution in [0.4, 0.5) is 4.79 Å². The number of hydrogen-bond acceptors (Lipinski definition) is 6. The Labute approximate surface area is 224 Å². The maximum absolute atomic E-state index is 13.0. The predicted octanol–water partition coefficient (Wildman–Crippen LogP) is 5.68. The summed E-state index contributed by atoms with van der Waals surface area (Å²) in [4.78, 5) is 19.5. The van der Waals surface area contributed by atoms with Crippen molar-refractivity contribution in [2.24, 2.45) is 5.41 Å². The van der Waals surface area contributed by atoms with E-state index in [4.69, 9.17) is 14.2 Å². The number of unbranched alkanes of at least 4 members (excludes halogenated alkanes) is 1. The van der Waals surface area contributed by atoms with E-state index in [0.29, 0.717) is 31.8 Å². The highest BCUT2D eigenvalue weighted by Crippen LogP contribution is 2.48. The Bertz CT molecular complexity index is 1310. The highest BCUT2D eigenvalue weighted by Gasteiger charge is 2.53. The fourth-order valence-corrected chi connectivity index (χ4v) is 6.09. The molecule has 1 saturated carbocycles. The summed E-state index contributed by atoms with van der Waals surface area (Å²) in [6.07, 6.45) is 7.22. The van der Waals surface area contributed by atoms with E-state index in [-0.39, 0.29) is 11.5 Å². The highest BCUT2D eigenvalue weighted by atomic mass is 16.6. The Kier molecular flexibility index (Phi) is 7.57. The molecule has 1 aromatic heterocycles. The lowest BCUT2D eigenvalue weighted by Gasteiger charge is -2.45. The molecule has 1 aliphatic carbocycles. The molecule has 200 valence electrons. The SMILES string of the molecule is CCCCOC[C@]1(Cn2cnc3ccc(C#N)cc32)CCC[C@@]2(CN(Cc3ccc(OC)cc3)C(=O)O2)C1. The van der Waals surface area contributed by atoms with Gasteiger partial charge < -0.3 is 18.8 Å². The number of amides is 1. The standard InChI is InChI=1S/C30H36N4O4/c1-3-4-14-37-21-29(19-34-22-32-26-11-8-24(16-31)15-27(26)34)12-5-13-30(18-29)20-33(28(35)38-30)17-23-6-9-25(36-2)10-7-23/h6-11,15,22H,3-5,12-14,17-21H2,1-2H3/t29-,30+/m1/s1.